The van der Waals surface area contributed by atoms with Crippen molar-refractivity contribution in [1.29, 1.82) is 0 Å². The van der Waals surface area contributed by atoms with Crippen molar-refractivity contribution >= 4 is 46.7 Å². The number of halogens is 1. The number of nitrogens with zero attached hydrogens (tertiary/aromatic N) is 1. The maximum absolute atomic E-state index is 11.8. The van der Waals surface area contributed by atoms with Gasteiger partial charge >= 0.3 is 0 Å². The Morgan fingerprint density at radius 1 is 1.20 bits per heavy atom. The molecule has 0 aliphatic rings. The van der Waals surface area contributed by atoms with Crippen LogP contribution in [0, 0.1) is 0 Å². The number of carbonyl (C=O) groups excluding carboxylic acids is 1. The summed E-state index contributed by atoms with van der Waals surface area (Å²) < 4.78 is 0. The SMILES string of the molecule is CN=C(NCCc1c[nH]c2ccccc12)NCC(=O)NC(C)(C)C.I. The van der Waals surface area contributed by atoms with Crippen LogP contribution in [0.5, 0.6) is 0 Å². The van der Waals surface area contributed by atoms with Gasteiger partial charge in [0.25, 0.3) is 0 Å². The summed E-state index contributed by atoms with van der Waals surface area (Å²) >= 11 is 0. The number of fused-ring (bicyclic) bond motifs is 1. The number of aliphatic imine (C=N–C) groups is 1. The highest BCUT2D eigenvalue weighted by molar-refractivity contribution is 14.0. The van der Waals surface area contributed by atoms with Gasteiger partial charge in [0.05, 0.1) is 6.54 Å². The van der Waals surface area contributed by atoms with Gasteiger partial charge < -0.3 is 20.9 Å². The van der Waals surface area contributed by atoms with Crippen LogP contribution >= 0.6 is 24.0 Å². The fourth-order valence-corrected chi connectivity index (χ4v) is 2.50. The molecule has 6 nitrogen and oxygen atoms in total. The lowest BCUT2D eigenvalue weighted by molar-refractivity contribution is -0.121. The maximum atomic E-state index is 11.8. The van der Waals surface area contributed by atoms with E-state index in [9.17, 15) is 4.79 Å². The molecule has 1 heterocycles. The van der Waals surface area contributed by atoms with Crippen LogP contribution in [0.1, 0.15) is 26.3 Å². The first-order chi connectivity index (χ1) is 11.4. The van der Waals surface area contributed by atoms with E-state index < -0.39 is 0 Å². The van der Waals surface area contributed by atoms with E-state index in [-0.39, 0.29) is 42.0 Å². The molecule has 0 spiro atoms. The number of H-pyrrole nitrogens is 1. The van der Waals surface area contributed by atoms with Crippen LogP contribution < -0.4 is 16.0 Å². The van der Waals surface area contributed by atoms with Gasteiger partial charge in [0.1, 0.15) is 0 Å². The maximum Gasteiger partial charge on any atom is 0.239 e. The van der Waals surface area contributed by atoms with Gasteiger partial charge in [-0.05, 0) is 38.8 Å². The molecule has 2 rings (SSSR count). The molecule has 138 valence electrons. The van der Waals surface area contributed by atoms with E-state index in [0.717, 1.165) is 18.5 Å². The number of carbonyl (C=O) groups is 1. The molecule has 1 aromatic carbocycles. The Labute approximate surface area is 166 Å². The number of amides is 1. The molecule has 1 aromatic heterocycles. The number of rotatable bonds is 5. The molecule has 1 amide bonds. The fourth-order valence-electron chi connectivity index (χ4n) is 2.50. The molecule has 0 atom stereocenters. The van der Waals surface area contributed by atoms with Crippen LogP contribution in [-0.4, -0.2) is 42.5 Å². The number of para-hydroxylation sites is 1. The molecule has 4 N–H and O–H groups in total. The summed E-state index contributed by atoms with van der Waals surface area (Å²) in [6.45, 7) is 6.81. The fraction of sp³-hybridized carbons (Fsp3) is 0.444. The van der Waals surface area contributed by atoms with E-state index >= 15 is 0 Å². The monoisotopic (exact) mass is 457 g/mol. The Morgan fingerprint density at radius 3 is 2.60 bits per heavy atom. The van der Waals surface area contributed by atoms with E-state index in [1.54, 1.807) is 7.05 Å². The number of nitrogens with one attached hydrogen (secondary N) is 4. The lowest BCUT2D eigenvalue weighted by Gasteiger charge is -2.21. The van der Waals surface area contributed by atoms with Crippen LogP contribution in [0.4, 0.5) is 0 Å². The Hall–Kier alpha value is -1.77. The highest BCUT2D eigenvalue weighted by Crippen LogP contribution is 2.17. The standard InChI is InChI=1S/C18H27N5O.HI/c1-18(2,3)23-16(24)12-22-17(19-4)20-10-9-13-11-21-15-8-6-5-7-14(13)15;/h5-8,11,21H,9-10,12H2,1-4H3,(H,23,24)(H2,19,20,22);1H. The van der Waals surface area contributed by atoms with Crippen molar-refractivity contribution in [3.63, 3.8) is 0 Å². The molecular weight excluding hydrogens is 429 g/mol. The van der Waals surface area contributed by atoms with E-state index in [4.69, 9.17) is 0 Å². The minimum atomic E-state index is -0.231. The second-order valence-electron chi connectivity index (χ2n) is 6.76. The average molecular weight is 457 g/mol. The van der Waals surface area contributed by atoms with Gasteiger partial charge in [0, 0.05) is 36.2 Å². The van der Waals surface area contributed by atoms with E-state index in [2.05, 4.69) is 38.1 Å². The highest BCUT2D eigenvalue weighted by atomic mass is 127. The van der Waals surface area contributed by atoms with E-state index in [0.29, 0.717) is 5.96 Å². The van der Waals surface area contributed by atoms with Gasteiger partial charge in [-0.3, -0.25) is 9.79 Å². The molecule has 0 saturated carbocycles. The number of aromatic nitrogens is 1. The normalized spacial score (nSPS) is 11.8. The Kier molecular flexibility index (Phi) is 8.21. The molecule has 0 saturated heterocycles. The lowest BCUT2D eigenvalue weighted by atomic mass is 10.1. The van der Waals surface area contributed by atoms with Crippen molar-refractivity contribution in [3.05, 3.63) is 36.0 Å². The molecule has 0 unspecified atom stereocenters. The Morgan fingerprint density at radius 2 is 1.92 bits per heavy atom. The van der Waals surface area contributed by atoms with Gasteiger partial charge in [-0.2, -0.15) is 0 Å². The molecule has 0 aliphatic heterocycles. The number of guanidine groups is 1. The number of benzene rings is 1. The molecule has 25 heavy (non-hydrogen) atoms. The second kappa shape index (κ2) is 9.65. The van der Waals surface area contributed by atoms with Crippen molar-refractivity contribution in [1.82, 2.24) is 20.9 Å². The quantitative estimate of drug-likeness (QED) is 0.316. The zero-order valence-electron chi connectivity index (χ0n) is 15.3. The lowest BCUT2D eigenvalue weighted by Crippen LogP contribution is -2.48. The molecule has 7 heteroatoms. The zero-order valence-corrected chi connectivity index (χ0v) is 17.6. The Balaban J connectivity index is 0.00000312. The van der Waals surface area contributed by atoms with E-state index in [1.165, 1.54) is 10.9 Å². The van der Waals surface area contributed by atoms with Crippen molar-refractivity contribution in [2.24, 2.45) is 4.99 Å². The van der Waals surface area contributed by atoms with Crippen molar-refractivity contribution in [2.75, 3.05) is 20.1 Å². The first-order valence-electron chi connectivity index (χ1n) is 8.19. The minimum Gasteiger partial charge on any atom is -0.361 e. The third kappa shape index (κ3) is 6.93. The predicted molar refractivity (Wildman–Crippen MR) is 115 cm³/mol. The van der Waals surface area contributed by atoms with Crippen LogP contribution in [0.2, 0.25) is 0 Å². The zero-order chi connectivity index (χ0) is 17.6. The number of hydrogen-bond donors (Lipinski definition) is 4. The van der Waals surface area contributed by atoms with Gasteiger partial charge in [-0.1, -0.05) is 18.2 Å². The minimum absolute atomic E-state index is 0. The summed E-state index contributed by atoms with van der Waals surface area (Å²) in [5.41, 5.74) is 2.18. The van der Waals surface area contributed by atoms with Crippen LogP contribution in [0.15, 0.2) is 35.5 Å². The van der Waals surface area contributed by atoms with E-state index in [1.807, 2.05) is 39.1 Å². The van der Waals surface area contributed by atoms with Crippen LogP contribution in [0.25, 0.3) is 10.9 Å². The van der Waals surface area contributed by atoms with Crippen molar-refractivity contribution in [3.8, 4) is 0 Å². The van der Waals surface area contributed by atoms with Crippen LogP contribution in [0.3, 0.4) is 0 Å². The number of hydrogen-bond acceptors (Lipinski definition) is 2. The van der Waals surface area contributed by atoms with Crippen molar-refractivity contribution in [2.45, 2.75) is 32.7 Å². The molecule has 0 radical (unpaired) electrons. The van der Waals surface area contributed by atoms with Gasteiger partial charge in [-0.25, -0.2) is 0 Å². The number of aromatic amines is 1. The molecular formula is C18H28IN5O. The molecule has 0 bridgehead atoms. The van der Waals surface area contributed by atoms with Gasteiger partial charge in [0.2, 0.25) is 5.91 Å². The first-order valence-corrected chi connectivity index (χ1v) is 8.19. The van der Waals surface area contributed by atoms with Gasteiger partial charge in [0.15, 0.2) is 5.96 Å². The highest BCUT2D eigenvalue weighted by Gasteiger charge is 2.13. The summed E-state index contributed by atoms with van der Waals surface area (Å²) in [4.78, 5) is 19.2. The summed E-state index contributed by atoms with van der Waals surface area (Å²) in [7, 11) is 1.70. The first kappa shape index (κ1) is 21.3. The topological polar surface area (TPSA) is 81.3 Å². The van der Waals surface area contributed by atoms with Gasteiger partial charge in [-0.15, -0.1) is 24.0 Å². The Bertz CT molecular complexity index is 718. The third-order valence-electron chi connectivity index (χ3n) is 3.52. The summed E-state index contributed by atoms with van der Waals surface area (Å²) in [6, 6.07) is 8.25. The molecule has 0 fully saturated rings. The third-order valence-corrected chi connectivity index (χ3v) is 3.52. The van der Waals surface area contributed by atoms with Crippen LogP contribution in [-0.2, 0) is 11.2 Å². The predicted octanol–water partition coefficient (Wildman–Crippen LogP) is 2.41. The second-order valence-corrected chi connectivity index (χ2v) is 6.76. The largest absolute Gasteiger partial charge is 0.361 e. The summed E-state index contributed by atoms with van der Waals surface area (Å²) in [5, 5.41) is 10.4. The average Bonchev–Trinajstić information content (AvgIpc) is 2.92. The molecule has 0 aliphatic carbocycles. The smallest absolute Gasteiger partial charge is 0.239 e. The van der Waals surface area contributed by atoms with Crippen molar-refractivity contribution < 1.29 is 4.79 Å². The summed E-state index contributed by atoms with van der Waals surface area (Å²) in [6.07, 6.45) is 2.91. The summed E-state index contributed by atoms with van der Waals surface area (Å²) in [5.74, 6) is 0.570. The molecule has 2 aromatic rings.